The van der Waals surface area contributed by atoms with E-state index in [9.17, 15) is 14.4 Å². The molecule has 2 rings (SSSR count). The number of benzene rings is 2. The highest BCUT2D eigenvalue weighted by Crippen LogP contribution is 2.30. The van der Waals surface area contributed by atoms with Crippen LogP contribution in [0.15, 0.2) is 48.5 Å². The van der Waals surface area contributed by atoms with Gasteiger partial charge in [0.05, 0.1) is 12.1 Å². The Balaban J connectivity index is 1.89. The van der Waals surface area contributed by atoms with E-state index >= 15 is 0 Å². The van der Waals surface area contributed by atoms with Gasteiger partial charge in [0, 0.05) is 0 Å². The monoisotopic (exact) mass is 391 g/mol. The zero-order valence-electron chi connectivity index (χ0n) is 14.7. The summed E-state index contributed by atoms with van der Waals surface area (Å²) in [4.78, 5) is 34.4. The van der Waals surface area contributed by atoms with Gasteiger partial charge in [-0.05, 0) is 30.2 Å². The fraction of sp³-hybridized carbons (Fsp3) is 0.211. The van der Waals surface area contributed by atoms with Gasteiger partial charge in [-0.15, -0.1) is 0 Å². The minimum atomic E-state index is -1.18. The van der Waals surface area contributed by atoms with E-state index in [2.05, 4.69) is 4.74 Å². The number of esters is 1. The predicted octanol–water partition coefficient (Wildman–Crippen LogP) is 3.20. The molecule has 0 aliphatic heterocycles. The van der Waals surface area contributed by atoms with Crippen molar-refractivity contribution in [2.24, 2.45) is 0 Å². The van der Waals surface area contributed by atoms with E-state index in [4.69, 9.17) is 21.1 Å². The van der Waals surface area contributed by atoms with Crippen molar-refractivity contribution in [2.45, 2.75) is 13.0 Å². The number of rotatable bonds is 6. The number of hydrogen-bond acceptors (Lipinski definition) is 6. The lowest BCUT2D eigenvalue weighted by molar-refractivity contribution is -0.156. The zero-order chi connectivity index (χ0) is 19.8. The van der Waals surface area contributed by atoms with Crippen LogP contribution >= 0.6 is 11.6 Å². The molecule has 0 bridgehead atoms. The molecule has 8 heteroatoms. The predicted molar refractivity (Wildman–Crippen MR) is 98.5 cm³/mol. The van der Waals surface area contributed by atoms with Gasteiger partial charge in [0.25, 0.3) is 5.91 Å². The van der Waals surface area contributed by atoms with Crippen molar-refractivity contribution in [3.8, 4) is 16.9 Å². The van der Waals surface area contributed by atoms with Crippen molar-refractivity contribution in [2.75, 3.05) is 13.7 Å². The summed E-state index contributed by atoms with van der Waals surface area (Å²) < 4.78 is 14.5. The highest BCUT2D eigenvalue weighted by atomic mass is 35.5. The van der Waals surface area contributed by atoms with Crippen LogP contribution in [0.3, 0.4) is 0 Å². The van der Waals surface area contributed by atoms with Crippen molar-refractivity contribution in [1.82, 2.24) is 5.32 Å². The maximum absolute atomic E-state index is 11.8. The topological polar surface area (TPSA) is 90.9 Å². The van der Waals surface area contributed by atoms with E-state index in [1.54, 1.807) is 12.1 Å². The van der Waals surface area contributed by atoms with E-state index in [1.165, 1.54) is 6.92 Å². The van der Waals surface area contributed by atoms with Crippen molar-refractivity contribution in [3.05, 3.63) is 53.6 Å². The lowest BCUT2D eigenvalue weighted by Gasteiger charge is -2.13. The summed E-state index contributed by atoms with van der Waals surface area (Å²) in [7, 11) is 1.11. The molecule has 1 atom stereocenters. The number of halogens is 1. The van der Waals surface area contributed by atoms with Crippen LogP contribution in [0.2, 0.25) is 5.02 Å². The maximum atomic E-state index is 11.8. The number of ether oxygens (including phenoxy) is 3. The quantitative estimate of drug-likeness (QED) is 0.760. The average molecular weight is 392 g/mol. The highest BCUT2D eigenvalue weighted by molar-refractivity contribution is 6.32. The molecule has 0 heterocycles. The Morgan fingerprint density at radius 1 is 1.07 bits per heavy atom. The number of imide groups is 1. The molecule has 0 fully saturated rings. The summed E-state index contributed by atoms with van der Waals surface area (Å²) in [6.07, 6.45) is -2.12. The Kier molecular flexibility index (Phi) is 7.19. The SMILES string of the molecule is COC(=O)NC(=O)[C@H](C)OC(=O)COc1ccc(-c2ccccc2)cc1Cl. The maximum Gasteiger partial charge on any atom is 0.413 e. The summed E-state index contributed by atoms with van der Waals surface area (Å²) >= 11 is 6.20. The van der Waals surface area contributed by atoms with E-state index in [0.717, 1.165) is 18.2 Å². The molecular weight excluding hydrogens is 374 g/mol. The third-order valence-electron chi connectivity index (χ3n) is 3.47. The fourth-order valence-electron chi connectivity index (χ4n) is 2.10. The number of nitrogens with one attached hydrogen (secondary N) is 1. The number of carbonyl (C=O) groups excluding carboxylic acids is 3. The number of carbonyl (C=O) groups is 3. The first-order valence-electron chi connectivity index (χ1n) is 7.96. The van der Waals surface area contributed by atoms with Crippen LogP contribution in [-0.2, 0) is 19.1 Å². The molecule has 0 radical (unpaired) electrons. The summed E-state index contributed by atoms with van der Waals surface area (Å²) in [5.41, 5.74) is 1.90. The molecule has 0 aromatic heterocycles. The Bertz CT molecular complexity index is 824. The zero-order valence-corrected chi connectivity index (χ0v) is 15.5. The van der Waals surface area contributed by atoms with Gasteiger partial charge in [-0.3, -0.25) is 10.1 Å². The van der Waals surface area contributed by atoms with E-state index in [-0.39, 0.29) is 0 Å². The number of hydrogen-bond donors (Lipinski definition) is 1. The van der Waals surface area contributed by atoms with Crippen molar-refractivity contribution < 1.29 is 28.6 Å². The van der Waals surface area contributed by atoms with E-state index in [1.807, 2.05) is 41.7 Å². The third kappa shape index (κ3) is 6.00. The second-order valence-electron chi connectivity index (χ2n) is 5.41. The average Bonchev–Trinajstić information content (AvgIpc) is 2.67. The lowest BCUT2D eigenvalue weighted by Crippen LogP contribution is -2.40. The highest BCUT2D eigenvalue weighted by Gasteiger charge is 2.20. The van der Waals surface area contributed by atoms with E-state index < -0.39 is 30.7 Å². The smallest absolute Gasteiger partial charge is 0.413 e. The molecule has 0 unspecified atom stereocenters. The summed E-state index contributed by atoms with van der Waals surface area (Å²) in [6.45, 7) is 0.873. The van der Waals surface area contributed by atoms with Crippen LogP contribution in [0.25, 0.3) is 11.1 Å². The molecule has 0 spiro atoms. The summed E-state index contributed by atoms with van der Waals surface area (Å²) in [6, 6.07) is 14.8. The van der Waals surface area contributed by atoms with Gasteiger partial charge in [0.2, 0.25) is 0 Å². The molecule has 0 aliphatic carbocycles. The molecule has 0 saturated heterocycles. The van der Waals surface area contributed by atoms with Crippen molar-refractivity contribution in [3.63, 3.8) is 0 Å². The molecular formula is C19H18ClNO6. The van der Waals surface area contributed by atoms with Gasteiger partial charge in [-0.2, -0.15) is 0 Å². The first-order valence-corrected chi connectivity index (χ1v) is 8.34. The molecule has 1 N–H and O–H groups in total. The fourth-order valence-corrected chi connectivity index (χ4v) is 2.34. The molecule has 0 aliphatic rings. The molecule has 142 valence electrons. The van der Waals surface area contributed by atoms with Crippen LogP contribution < -0.4 is 10.1 Å². The standard InChI is InChI=1S/C19H18ClNO6/c1-12(18(23)21-19(24)25-2)27-17(22)11-26-16-9-8-14(10-15(16)20)13-6-4-3-5-7-13/h3-10,12H,11H2,1-2H3,(H,21,23,24)/t12-/m0/s1. The first kappa shape index (κ1) is 20.3. The largest absolute Gasteiger partial charge is 0.480 e. The van der Waals surface area contributed by atoms with Crippen LogP contribution in [-0.4, -0.2) is 37.8 Å². The Labute approximate surface area is 161 Å². The van der Waals surface area contributed by atoms with Crippen LogP contribution in [0.4, 0.5) is 4.79 Å². The van der Waals surface area contributed by atoms with Crippen molar-refractivity contribution >= 4 is 29.6 Å². The third-order valence-corrected chi connectivity index (χ3v) is 3.77. The number of methoxy groups -OCH3 is 1. The normalized spacial score (nSPS) is 11.2. The summed E-state index contributed by atoms with van der Waals surface area (Å²) in [5, 5.41) is 2.23. The molecule has 7 nitrogen and oxygen atoms in total. The molecule has 27 heavy (non-hydrogen) atoms. The van der Waals surface area contributed by atoms with Gasteiger partial charge < -0.3 is 14.2 Å². The van der Waals surface area contributed by atoms with Gasteiger partial charge in [0.1, 0.15) is 5.75 Å². The van der Waals surface area contributed by atoms with Gasteiger partial charge in [-0.1, -0.05) is 48.0 Å². The van der Waals surface area contributed by atoms with Crippen molar-refractivity contribution in [1.29, 1.82) is 0 Å². The van der Waals surface area contributed by atoms with Crippen LogP contribution in [0, 0.1) is 0 Å². The number of amides is 2. The molecule has 2 aromatic carbocycles. The molecule has 2 aromatic rings. The second-order valence-corrected chi connectivity index (χ2v) is 5.82. The van der Waals surface area contributed by atoms with Crippen LogP contribution in [0.5, 0.6) is 5.75 Å². The minimum Gasteiger partial charge on any atom is -0.480 e. The van der Waals surface area contributed by atoms with Crippen LogP contribution in [0.1, 0.15) is 6.92 Å². The van der Waals surface area contributed by atoms with Gasteiger partial charge >= 0.3 is 12.1 Å². The second kappa shape index (κ2) is 9.59. The lowest BCUT2D eigenvalue weighted by atomic mass is 10.1. The Morgan fingerprint density at radius 2 is 1.78 bits per heavy atom. The molecule has 0 saturated carbocycles. The van der Waals surface area contributed by atoms with Gasteiger partial charge in [-0.25, -0.2) is 9.59 Å². The Hall–Kier alpha value is -3.06. The minimum absolute atomic E-state index is 0.306. The first-order chi connectivity index (χ1) is 12.9. The van der Waals surface area contributed by atoms with Gasteiger partial charge in [0.15, 0.2) is 12.7 Å². The number of alkyl carbamates (subject to hydrolysis) is 1. The Morgan fingerprint density at radius 3 is 2.41 bits per heavy atom. The summed E-state index contributed by atoms with van der Waals surface area (Å²) in [5.74, 6) is -1.29. The van der Waals surface area contributed by atoms with E-state index in [0.29, 0.717) is 10.8 Å². The molecule has 2 amide bonds.